The minimum absolute atomic E-state index is 0.369. The highest BCUT2D eigenvalue weighted by Crippen LogP contribution is 2.52. The van der Waals surface area contributed by atoms with E-state index in [0.29, 0.717) is 17.8 Å². The van der Waals surface area contributed by atoms with Gasteiger partial charge in [-0.25, -0.2) is 0 Å². The van der Waals surface area contributed by atoms with Crippen LogP contribution in [0.5, 0.6) is 0 Å². The fourth-order valence-electron chi connectivity index (χ4n) is 4.81. The molecule has 0 aliphatic heterocycles. The number of aliphatic hydroxyl groups excluding tert-OH is 1. The van der Waals surface area contributed by atoms with E-state index < -0.39 is 0 Å². The highest BCUT2D eigenvalue weighted by molar-refractivity contribution is 5.82. The van der Waals surface area contributed by atoms with Gasteiger partial charge in [-0.05, 0) is 67.1 Å². The van der Waals surface area contributed by atoms with Crippen LogP contribution in [0.1, 0.15) is 37.4 Å². The number of aliphatic hydroxyl groups is 1. The molecule has 1 aromatic carbocycles. The molecule has 0 radical (unpaired) electrons. The molecule has 0 saturated heterocycles. The quantitative estimate of drug-likeness (QED) is 0.845. The second-order valence-corrected chi connectivity index (χ2v) is 6.99. The molecule has 0 spiro atoms. The van der Waals surface area contributed by atoms with Crippen LogP contribution in [0.2, 0.25) is 0 Å². The molecule has 3 fully saturated rings. The highest BCUT2D eigenvalue weighted by atomic mass is 16.3. The van der Waals surface area contributed by atoms with Crippen molar-refractivity contribution >= 4 is 10.9 Å². The Labute approximate surface area is 131 Å². The summed E-state index contributed by atoms with van der Waals surface area (Å²) in [6.07, 6.45) is 8.52. The van der Waals surface area contributed by atoms with E-state index in [1.54, 1.807) is 0 Å². The van der Waals surface area contributed by atoms with Gasteiger partial charge in [0.2, 0.25) is 0 Å². The molecule has 2 bridgehead atoms. The van der Waals surface area contributed by atoms with E-state index in [1.807, 2.05) is 30.5 Å². The molecular formula is C20H23NO. The first-order valence-corrected chi connectivity index (χ1v) is 8.42. The SMILES string of the molecule is C=C[C@@H]1C[C@H]2CC[C@@H]1C[C@@H]2[C@H](O)c1ccnc2ccccc12. The van der Waals surface area contributed by atoms with E-state index >= 15 is 0 Å². The van der Waals surface area contributed by atoms with Crippen LogP contribution >= 0.6 is 0 Å². The molecule has 3 aliphatic carbocycles. The van der Waals surface area contributed by atoms with Gasteiger partial charge in [-0.15, -0.1) is 6.58 Å². The lowest BCUT2D eigenvalue weighted by molar-refractivity contribution is -0.0217. The van der Waals surface area contributed by atoms with E-state index in [9.17, 15) is 5.11 Å². The zero-order valence-electron chi connectivity index (χ0n) is 12.9. The minimum Gasteiger partial charge on any atom is -0.388 e. The Kier molecular flexibility index (Phi) is 3.50. The van der Waals surface area contributed by atoms with Gasteiger partial charge in [0.05, 0.1) is 11.6 Å². The van der Waals surface area contributed by atoms with E-state index in [4.69, 9.17) is 0 Å². The summed E-state index contributed by atoms with van der Waals surface area (Å²) in [4.78, 5) is 4.42. The largest absolute Gasteiger partial charge is 0.388 e. The summed E-state index contributed by atoms with van der Waals surface area (Å²) in [5, 5.41) is 12.2. The van der Waals surface area contributed by atoms with E-state index in [2.05, 4.69) is 23.7 Å². The number of aromatic nitrogens is 1. The Balaban J connectivity index is 1.67. The van der Waals surface area contributed by atoms with E-state index in [-0.39, 0.29) is 6.10 Å². The second kappa shape index (κ2) is 5.51. The lowest BCUT2D eigenvalue weighted by Crippen LogP contribution is -2.39. The summed E-state index contributed by atoms with van der Waals surface area (Å²) in [6, 6.07) is 10.1. The number of hydrogen-bond acceptors (Lipinski definition) is 2. The van der Waals surface area contributed by atoms with Gasteiger partial charge in [-0.1, -0.05) is 24.3 Å². The first kappa shape index (κ1) is 14.0. The standard InChI is InChI=1S/C20H23NO/c1-2-13-11-15-8-7-14(13)12-18(15)20(22)17-9-10-21-19-6-4-3-5-16(17)19/h2-6,9-10,13-15,18,20,22H,1,7-8,11-12H2/t13-,14-,15-,18+,20-/m1/s1. The van der Waals surface area contributed by atoms with Gasteiger partial charge >= 0.3 is 0 Å². The maximum Gasteiger partial charge on any atom is 0.0828 e. The van der Waals surface area contributed by atoms with Gasteiger partial charge < -0.3 is 5.11 Å². The summed E-state index contributed by atoms with van der Waals surface area (Å²) in [5.41, 5.74) is 2.03. The number of fused-ring (bicyclic) bond motifs is 4. The molecule has 3 aliphatic rings. The number of hydrogen-bond donors (Lipinski definition) is 1. The van der Waals surface area contributed by atoms with E-state index in [0.717, 1.165) is 28.8 Å². The van der Waals surface area contributed by atoms with Crippen LogP contribution in [0.3, 0.4) is 0 Å². The third-order valence-electron chi connectivity index (χ3n) is 5.98. The van der Waals surface area contributed by atoms with Crippen LogP contribution in [0.4, 0.5) is 0 Å². The second-order valence-electron chi connectivity index (χ2n) is 6.99. The predicted octanol–water partition coefficient (Wildman–Crippen LogP) is 4.51. The molecule has 1 aromatic heterocycles. The maximum absolute atomic E-state index is 11.1. The van der Waals surface area contributed by atoms with Gasteiger partial charge in [0.25, 0.3) is 0 Å². The number of para-hydroxylation sites is 1. The summed E-state index contributed by atoms with van der Waals surface area (Å²) >= 11 is 0. The van der Waals surface area contributed by atoms with Crippen molar-refractivity contribution in [2.75, 3.05) is 0 Å². The Morgan fingerprint density at radius 3 is 2.73 bits per heavy atom. The lowest BCUT2D eigenvalue weighted by atomic mass is 9.58. The maximum atomic E-state index is 11.1. The van der Waals surface area contributed by atoms with Crippen molar-refractivity contribution in [3.8, 4) is 0 Å². The van der Waals surface area contributed by atoms with E-state index in [1.165, 1.54) is 19.3 Å². The monoisotopic (exact) mass is 293 g/mol. The van der Waals surface area contributed by atoms with Crippen LogP contribution in [0.15, 0.2) is 49.2 Å². The van der Waals surface area contributed by atoms with Crippen molar-refractivity contribution in [2.24, 2.45) is 23.7 Å². The number of nitrogens with zero attached hydrogens (tertiary/aromatic N) is 1. The Morgan fingerprint density at radius 1 is 1.14 bits per heavy atom. The highest BCUT2D eigenvalue weighted by Gasteiger charge is 2.43. The average molecular weight is 293 g/mol. The van der Waals surface area contributed by atoms with Crippen LogP contribution in [-0.2, 0) is 0 Å². The Hall–Kier alpha value is -1.67. The van der Waals surface area contributed by atoms with Gasteiger partial charge in [0, 0.05) is 11.6 Å². The lowest BCUT2D eigenvalue weighted by Gasteiger charge is -2.48. The van der Waals surface area contributed by atoms with Crippen molar-refractivity contribution in [1.82, 2.24) is 4.98 Å². The predicted molar refractivity (Wildman–Crippen MR) is 89.3 cm³/mol. The third kappa shape index (κ3) is 2.17. The molecule has 22 heavy (non-hydrogen) atoms. The molecule has 2 heteroatoms. The molecule has 2 aromatic rings. The summed E-state index contributed by atoms with van der Waals surface area (Å²) in [5.74, 6) is 2.40. The fraction of sp³-hybridized carbons (Fsp3) is 0.450. The van der Waals surface area contributed by atoms with Gasteiger partial charge in [0.15, 0.2) is 0 Å². The Bertz CT molecular complexity index is 690. The fourth-order valence-corrected chi connectivity index (χ4v) is 4.81. The molecular weight excluding hydrogens is 270 g/mol. The normalized spacial score (nSPS) is 32.0. The van der Waals surface area contributed by atoms with Gasteiger partial charge in [-0.3, -0.25) is 4.98 Å². The minimum atomic E-state index is -0.369. The zero-order chi connectivity index (χ0) is 15.1. The summed E-state index contributed by atoms with van der Waals surface area (Å²) < 4.78 is 0. The topological polar surface area (TPSA) is 33.1 Å². The summed E-state index contributed by atoms with van der Waals surface area (Å²) in [7, 11) is 0. The first-order valence-electron chi connectivity index (χ1n) is 8.42. The number of pyridine rings is 1. The molecule has 1 N–H and O–H groups in total. The van der Waals surface area contributed by atoms with Crippen molar-refractivity contribution in [3.63, 3.8) is 0 Å². The summed E-state index contributed by atoms with van der Waals surface area (Å²) in [6.45, 7) is 4.00. The first-order chi connectivity index (χ1) is 10.8. The van der Waals surface area contributed by atoms with Crippen LogP contribution in [0.25, 0.3) is 10.9 Å². The van der Waals surface area contributed by atoms with Crippen molar-refractivity contribution in [2.45, 2.75) is 31.8 Å². The molecule has 0 amide bonds. The number of benzene rings is 1. The average Bonchev–Trinajstić information content (AvgIpc) is 2.60. The molecule has 5 atom stereocenters. The molecule has 0 unspecified atom stereocenters. The smallest absolute Gasteiger partial charge is 0.0828 e. The van der Waals surface area contributed by atoms with Gasteiger partial charge in [0.1, 0.15) is 0 Å². The molecule has 1 heterocycles. The molecule has 114 valence electrons. The molecule has 5 rings (SSSR count). The Morgan fingerprint density at radius 2 is 1.95 bits per heavy atom. The van der Waals surface area contributed by atoms with Gasteiger partial charge in [-0.2, -0.15) is 0 Å². The van der Waals surface area contributed by atoms with Crippen LogP contribution in [-0.4, -0.2) is 10.1 Å². The van der Waals surface area contributed by atoms with Crippen molar-refractivity contribution in [3.05, 3.63) is 54.7 Å². The van der Waals surface area contributed by atoms with Crippen LogP contribution < -0.4 is 0 Å². The van der Waals surface area contributed by atoms with Crippen molar-refractivity contribution in [1.29, 1.82) is 0 Å². The molecule has 3 saturated carbocycles. The van der Waals surface area contributed by atoms with Crippen molar-refractivity contribution < 1.29 is 5.11 Å². The molecule has 2 nitrogen and oxygen atoms in total. The number of allylic oxidation sites excluding steroid dienone is 1. The number of rotatable bonds is 3. The van der Waals surface area contributed by atoms with Crippen LogP contribution in [0, 0.1) is 23.7 Å². The third-order valence-corrected chi connectivity index (χ3v) is 5.98. The zero-order valence-corrected chi connectivity index (χ0v) is 12.9.